The van der Waals surface area contributed by atoms with Gasteiger partial charge in [-0.05, 0) is 30.3 Å². The first-order valence-corrected chi connectivity index (χ1v) is 8.66. The molecule has 3 aromatic rings. The summed E-state index contributed by atoms with van der Waals surface area (Å²) in [5.74, 6) is -0.00891. The number of hydrogen-bond acceptors (Lipinski definition) is 6. The maximum atomic E-state index is 12.6. The minimum Gasteiger partial charge on any atom is -0.486 e. The number of benzene rings is 1. The van der Waals surface area contributed by atoms with E-state index in [0.29, 0.717) is 16.8 Å². The quantitative estimate of drug-likeness (QED) is 0.754. The monoisotopic (exact) mass is 347 g/mol. The van der Waals surface area contributed by atoms with Crippen molar-refractivity contribution in [1.29, 1.82) is 0 Å². The van der Waals surface area contributed by atoms with Gasteiger partial charge < -0.3 is 9.15 Å². The van der Waals surface area contributed by atoms with Crippen LogP contribution in [0.2, 0.25) is 0 Å². The lowest BCUT2D eigenvalue weighted by Gasteiger charge is -2.37. The van der Waals surface area contributed by atoms with Crippen molar-refractivity contribution in [3.05, 3.63) is 53.3 Å². The molecule has 9 heteroatoms. The van der Waals surface area contributed by atoms with Crippen molar-refractivity contribution in [2.75, 3.05) is 13.1 Å². The summed E-state index contributed by atoms with van der Waals surface area (Å²) in [6.07, 6.45) is 3.02. The van der Waals surface area contributed by atoms with E-state index in [1.54, 1.807) is 24.5 Å². The number of sulfonamides is 1. The van der Waals surface area contributed by atoms with Crippen molar-refractivity contribution in [2.45, 2.75) is 11.0 Å². The van der Waals surface area contributed by atoms with Gasteiger partial charge in [-0.3, -0.25) is 9.97 Å². The zero-order valence-electron chi connectivity index (χ0n) is 12.4. The van der Waals surface area contributed by atoms with Crippen LogP contribution in [-0.4, -0.2) is 41.9 Å². The Balaban J connectivity index is 1.50. The molecule has 0 radical (unpaired) electrons. The van der Waals surface area contributed by atoms with Crippen LogP contribution in [0.3, 0.4) is 0 Å². The molecule has 1 N–H and O–H groups in total. The van der Waals surface area contributed by atoms with Gasteiger partial charge in [0.15, 0.2) is 5.58 Å². The molecule has 8 nitrogen and oxygen atoms in total. The number of nitrogens with zero attached hydrogens (tertiary/aromatic N) is 2. The van der Waals surface area contributed by atoms with E-state index in [-0.39, 0.29) is 24.1 Å². The van der Waals surface area contributed by atoms with Gasteiger partial charge in [-0.25, -0.2) is 13.2 Å². The van der Waals surface area contributed by atoms with E-state index in [0.717, 1.165) is 0 Å². The van der Waals surface area contributed by atoms with Gasteiger partial charge in [0, 0.05) is 6.20 Å². The number of fused-ring (bicyclic) bond motifs is 1. The SMILES string of the molecule is O=c1[nH]c2cc(S(=O)(=O)N3CC(Oc4cccnc4)C3)ccc2o1. The smallest absolute Gasteiger partial charge is 0.417 e. The third kappa shape index (κ3) is 2.57. The van der Waals surface area contributed by atoms with Gasteiger partial charge in [0.25, 0.3) is 0 Å². The van der Waals surface area contributed by atoms with Crippen LogP contribution in [0.25, 0.3) is 11.1 Å². The predicted molar refractivity (Wildman–Crippen MR) is 84.2 cm³/mol. The van der Waals surface area contributed by atoms with Crippen molar-refractivity contribution in [1.82, 2.24) is 14.3 Å². The number of nitrogens with one attached hydrogen (secondary N) is 1. The Bertz CT molecular complexity index is 1040. The van der Waals surface area contributed by atoms with Crippen molar-refractivity contribution >= 4 is 21.1 Å². The standard InChI is InChI=1S/C15H13N3O5S/c19-15-17-13-6-12(3-4-14(13)23-15)24(20,21)18-8-11(9-18)22-10-2-1-5-16-7-10/h1-7,11H,8-9H2,(H,17,19). The third-order valence-corrected chi connectivity index (χ3v) is 5.61. The summed E-state index contributed by atoms with van der Waals surface area (Å²) < 4.78 is 37.1. The van der Waals surface area contributed by atoms with E-state index in [2.05, 4.69) is 9.97 Å². The van der Waals surface area contributed by atoms with Crippen LogP contribution in [0.15, 0.2) is 56.8 Å². The molecule has 0 unspecified atom stereocenters. The van der Waals surface area contributed by atoms with Gasteiger partial charge in [0.1, 0.15) is 11.9 Å². The number of rotatable bonds is 4. The molecule has 1 aliphatic heterocycles. The first kappa shape index (κ1) is 14.9. The highest BCUT2D eigenvalue weighted by Crippen LogP contribution is 2.26. The molecule has 1 fully saturated rings. The Morgan fingerprint density at radius 1 is 1.29 bits per heavy atom. The molecule has 2 aromatic heterocycles. The molecule has 1 aromatic carbocycles. The second kappa shape index (κ2) is 5.46. The average molecular weight is 347 g/mol. The number of ether oxygens (including phenoxy) is 1. The van der Waals surface area contributed by atoms with Gasteiger partial charge in [-0.15, -0.1) is 0 Å². The fraction of sp³-hybridized carbons (Fsp3) is 0.200. The zero-order chi connectivity index (χ0) is 16.7. The summed E-state index contributed by atoms with van der Waals surface area (Å²) in [4.78, 5) is 17.7. The van der Waals surface area contributed by atoms with Crippen molar-refractivity contribution in [3.63, 3.8) is 0 Å². The fourth-order valence-corrected chi connectivity index (χ4v) is 4.05. The Hall–Kier alpha value is -2.65. The molecule has 0 spiro atoms. The van der Waals surface area contributed by atoms with E-state index in [9.17, 15) is 13.2 Å². The number of aromatic amines is 1. The van der Waals surface area contributed by atoms with Gasteiger partial charge >= 0.3 is 5.76 Å². The minimum atomic E-state index is -3.64. The summed E-state index contributed by atoms with van der Waals surface area (Å²) in [5.41, 5.74) is 0.671. The summed E-state index contributed by atoms with van der Waals surface area (Å²) in [6.45, 7) is 0.522. The molecule has 0 amide bonds. The summed E-state index contributed by atoms with van der Waals surface area (Å²) in [5, 5.41) is 0. The van der Waals surface area contributed by atoms with Crippen LogP contribution >= 0.6 is 0 Å². The van der Waals surface area contributed by atoms with Crippen LogP contribution in [0.1, 0.15) is 0 Å². The van der Waals surface area contributed by atoms with E-state index < -0.39 is 15.8 Å². The molecule has 0 atom stereocenters. The van der Waals surface area contributed by atoms with Crippen LogP contribution in [0, 0.1) is 0 Å². The molecule has 3 heterocycles. The van der Waals surface area contributed by atoms with Crippen LogP contribution < -0.4 is 10.5 Å². The number of hydrogen-bond donors (Lipinski definition) is 1. The van der Waals surface area contributed by atoms with Gasteiger partial charge in [-0.2, -0.15) is 4.31 Å². The number of H-pyrrole nitrogens is 1. The average Bonchev–Trinajstić information content (AvgIpc) is 2.90. The minimum absolute atomic E-state index is 0.104. The molecule has 1 saturated heterocycles. The molecular weight excluding hydrogens is 334 g/mol. The molecule has 0 bridgehead atoms. The maximum absolute atomic E-state index is 12.6. The summed E-state index contributed by atoms with van der Waals surface area (Å²) >= 11 is 0. The van der Waals surface area contributed by atoms with Gasteiger partial charge in [0.2, 0.25) is 10.0 Å². The number of oxazole rings is 1. The third-order valence-electron chi connectivity index (χ3n) is 3.78. The van der Waals surface area contributed by atoms with E-state index in [1.807, 2.05) is 0 Å². The molecule has 4 rings (SSSR count). The molecule has 0 aliphatic carbocycles. The Morgan fingerprint density at radius 2 is 2.12 bits per heavy atom. The lowest BCUT2D eigenvalue weighted by atomic mass is 10.2. The Morgan fingerprint density at radius 3 is 2.88 bits per heavy atom. The highest BCUT2D eigenvalue weighted by Gasteiger charge is 2.38. The Kier molecular flexibility index (Phi) is 3.39. The van der Waals surface area contributed by atoms with Crippen LogP contribution in [0.5, 0.6) is 5.75 Å². The Labute approximate surface area is 136 Å². The molecule has 124 valence electrons. The molecule has 0 saturated carbocycles. The second-order valence-corrected chi connectivity index (χ2v) is 7.36. The van der Waals surface area contributed by atoms with E-state index >= 15 is 0 Å². The van der Waals surface area contributed by atoms with Gasteiger partial charge in [0.05, 0.1) is 29.7 Å². The normalized spacial score (nSPS) is 16.2. The van der Waals surface area contributed by atoms with Crippen molar-refractivity contribution in [2.24, 2.45) is 0 Å². The van der Waals surface area contributed by atoms with Crippen molar-refractivity contribution in [3.8, 4) is 5.75 Å². The predicted octanol–water partition coefficient (Wildman–Crippen LogP) is 0.968. The molecular formula is C15H13N3O5S. The highest BCUT2D eigenvalue weighted by atomic mass is 32.2. The topological polar surface area (TPSA) is 106 Å². The zero-order valence-corrected chi connectivity index (χ0v) is 13.2. The van der Waals surface area contributed by atoms with Crippen molar-refractivity contribution < 1.29 is 17.6 Å². The van der Waals surface area contributed by atoms with Crippen LogP contribution in [0.4, 0.5) is 0 Å². The van der Waals surface area contributed by atoms with Gasteiger partial charge in [-0.1, -0.05) is 0 Å². The second-order valence-electron chi connectivity index (χ2n) is 5.42. The first-order valence-electron chi connectivity index (χ1n) is 7.22. The molecule has 24 heavy (non-hydrogen) atoms. The number of pyridine rings is 1. The highest BCUT2D eigenvalue weighted by molar-refractivity contribution is 7.89. The summed E-state index contributed by atoms with van der Waals surface area (Å²) in [7, 11) is -3.64. The molecule has 1 aliphatic rings. The van der Waals surface area contributed by atoms with E-state index in [4.69, 9.17) is 9.15 Å². The number of aromatic nitrogens is 2. The summed E-state index contributed by atoms with van der Waals surface area (Å²) in [6, 6.07) is 7.80. The maximum Gasteiger partial charge on any atom is 0.417 e. The largest absolute Gasteiger partial charge is 0.486 e. The fourth-order valence-electron chi connectivity index (χ4n) is 2.52. The van der Waals surface area contributed by atoms with E-state index in [1.165, 1.54) is 22.5 Å². The lowest BCUT2D eigenvalue weighted by molar-refractivity contribution is 0.0759. The van der Waals surface area contributed by atoms with Crippen LogP contribution in [-0.2, 0) is 10.0 Å². The first-order chi connectivity index (χ1) is 11.5. The lowest BCUT2D eigenvalue weighted by Crippen LogP contribution is -2.55.